The zero-order valence-electron chi connectivity index (χ0n) is 20.5. The van der Waals surface area contributed by atoms with Crippen molar-refractivity contribution in [2.75, 3.05) is 0 Å². The van der Waals surface area contributed by atoms with Crippen LogP contribution in [0.4, 0.5) is 0 Å². The van der Waals surface area contributed by atoms with Crippen LogP contribution in [0.25, 0.3) is 22.8 Å². The Morgan fingerprint density at radius 3 is 2.86 bits per heavy atom. The smallest absolute Gasteiger partial charge is 0.258 e. The van der Waals surface area contributed by atoms with Crippen molar-refractivity contribution < 1.29 is 9.26 Å². The molecule has 0 amide bonds. The Labute approximate surface area is 205 Å². The lowest BCUT2D eigenvalue weighted by Crippen LogP contribution is -2.18. The topological polar surface area (TPSA) is 113 Å². The van der Waals surface area contributed by atoms with Gasteiger partial charge in [-0.1, -0.05) is 37.2 Å². The number of H-pyrrole nitrogens is 1. The largest absolute Gasteiger partial charge is 0.490 e. The predicted molar refractivity (Wildman–Crippen MR) is 133 cm³/mol. The third-order valence-corrected chi connectivity index (χ3v) is 5.74. The Morgan fingerprint density at radius 2 is 2.11 bits per heavy atom. The third kappa shape index (κ3) is 5.26. The van der Waals surface area contributed by atoms with Gasteiger partial charge in [0.25, 0.3) is 5.89 Å². The summed E-state index contributed by atoms with van der Waals surface area (Å²) in [4.78, 5) is 11.8. The molecule has 8 heteroatoms. The first-order chi connectivity index (χ1) is 17.1. The van der Waals surface area contributed by atoms with Crippen molar-refractivity contribution >= 4 is 0 Å². The van der Waals surface area contributed by atoms with Crippen LogP contribution < -0.4 is 10.1 Å². The van der Waals surface area contributed by atoms with Crippen LogP contribution in [0.1, 0.15) is 62.5 Å². The summed E-state index contributed by atoms with van der Waals surface area (Å²) >= 11 is 0. The first-order valence-corrected chi connectivity index (χ1v) is 12.0. The summed E-state index contributed by atoms with van der Waals surface area (Å²) in [6, 6.07) is 14.0. The van der Waals surface area contributed by atoms with E-state index in [0.717, 1.165) is 30.6 Å². The Morgan fingerprint density at radius 1 is 1.26 bits per heavy atom. The van der Waals surface area contributed by atoms with Crippen LogP contribution in [0.5, 0.6) is 5.75 Å². The maximum absolute atomic E-state index is 9.51. The number of hydrogen-bond acceptors (Lipinski definition) is 7. The van der Waals surface area contributed by atoms with Gasteiger partial charge < -0.3 is 19.6 Å². The van der Waals surface area contributed by atoms with Crippen molar-refractivity contribution in [1.82, 2.24) is 25.4 Å². The number of nitrogens with zero attached hydrogens (tertiary/aromatic N) is 4. The van der Waals surface area contributed by atoms with Gasteiger partial charge in [0.1, 0.15) is 11.8 Å². The number of nitriles is 1. The van der Waals surface area contributed by atoms with Crippen LogP contribution in [-0.4, -0.2) is 26.2 Å². The third-order valence-electron chi connectivity index (χ3n) is 5.74. The van der Waals surface area contributed by atoms with Crippen LogP contribution in [0.15, 0.2) is 53.4 Å². The second kappa shape index (κ2) is 11.0. The Bertz CT molecular complexity index is 1300. The van der Waals surface area contributed by atoms with E-state index >= 15 is 0 Å². The molecule has 35 heavy (non-hydrogen) atoms. The molecule has 0 saturated carbocycles. The lowest BCUT2D eigenvalue weighted by molar-refractivity contribution is 0.241. The molecule has 1 aliphatic rings. The van der Waals surface area contributed by atoms with Gasteiger partial charge in [-0.05, 0) is 56.0 Å². The van der Waals surface area contributed by atoms with Crippen LogP contribution in [-0.2, 0) is 13.0 Å². The normalized spacial score (nSPS) is 14.2. The highest BCUT2D eigenvalue weighted by Crippen LogP contribution is 2.37. The van der Waals surface area contributed by atoms with Crippen molar-refractivity contribution in [3.8, 4) is 34.7 Å². The van der Waals surface area contributed by atoms with Crippen LogP contribution in [0.3, 0.4) is 0 Å². The van der Waals surface area contributed by atoms with Gasteiger partial charge in [-0.2, -0.15) is 10.2 Å². The van der Waals surface area contributed by atoms with Crippen molar-refractivity contribution in [3.63, 3.8) is 0 Å². The molecule has 0 aliphatic heterocycles. The van der Waals surface area contributed by atoms with Gasteiger partial charge >= 0.3 is 0 Å². The van der Waals surface area contributed by atoms with Crippen molar-refractivity contribution in [1.29, 1.82) is 5.26 Å². The molecule has 1 atom stereocenters. The summed E-state index contributed by atoms with van der Waals surface area (Å²) in [6.45, 7) is 8.59. The number of aromatic nitrogens is 4. The van der Waals surface area contributed by atoms with Gasteiger partial charge in [-0.3, -0.25) is 0 Å². The van der Waals surface area contributed by atoms with Gasteiger partial charge in [0.05, 0.1) is 18.0 Å². The maximum Gasteiger partial charge on any atom is 0.258 e. The highest BCUT2D eigenvalue weighted by Gasteiger charge is 2.26. The molecule has 0 fully saturated rings. The minimum atomic E-state index is -0.0177. The summed E-state index contributed by atoms with van der Waals surface area (Å²) in [5.41, 5.74) is 5.67. The second-order valence-corrected chi connectivity index (χ2v) is 8.33. The fourth-order valence-corrected chi connectivity index (χ4v) is 4.25. The second-order valence-electron chi connectivity index (χ2n) is 8.33. The summed E-state index contributed by atoms with van der Waals surface area (Å²) < 4.78 is 11.3. The van der Waals surface area contributed by atoms with Crippen LogP contribution in [0, 0.1) is 11.3 Å². The number of hydrogen-bond donors (Lipinski definition) is 2. The summed E-state index contributed by atoms with van der Waals surface area (Å²) in [7, 11) is 0. The van der Waals surface area contributed by atoms with E-state index in [2.05, 4.69) is 37.6 Å². The molecule has 2 N–H and O–H groups in total. The summed E-state index contributed by atoms with van der Waals surface area (Å²) in [6.07, 6.45) is 5.45. The number of nitrogens with one attached hydrogen (secondary N) is 2. The lowest BCUT2D eigenvalue weighted by atomic mass is 10.0. The monoisotopic (exact) mass is 470 g/mol. The van der Waals surface area contributed by atoms with E-state index in [1.165, 1.54) is 11.1 Å². The fraction of sp³-hybridized carbons (Fsp3) is 0.333. The van der Waals surface area contributed by atoms with E-state index in [0.29, 0.717) is 28.6 Å². The van der Waals surface area contributed by atoms with E-state index in [9.17, 15) is 5.26 Å². The number of fused-ring (bicyclic) bond motifs is 1. The first kappa shape index (κ1) is 24.2. The van der Waals surface area contributed by atoms with Gasteiger partial charge in [0.15, 0.2) is 0 Å². The minimum Gasteiger partial charge on any atom is -0.490 e. The molecule has 4 aromatic rings. The van der Waals surface area contributed by atoms with Crippen molar-refractivity contribution in [2.24, 2.45) is 0 Å². The lowest BCUT2D eigenvalue weighted by Gasteiger charge is -2.13. The summed E-state index contributed by atoms with van der Waals surface area (Å²) in [5, 5.41) is 17.4. The molecule has 0 radical (unpaired) electrons. The molecule has 0 bridgehead atoms. The van der Waals surface area contributed by atoms with Gasteiger partial charge in [0, 0.05) is 35.6 Å². The van der Waals surface area contributed by atoms with E-state index < -0.39 is 0 Å². The summed E-state index contributed by atoms with van der Waals surface area (Å²) in [5.74, 6) is 1.48. The number of benzene rings is 2. The Hall–Kier alpha value is -3.96. The number of ether oxygens (including phenoxy) is 1. The molecule has 180 valence electrons. The molecule has 2 aromatic heterocycles. The molecule has 0 saturated heterocycles. The minimum absolute atomic E-state index is 0.0177. The standard InChI is InChI=1S/C25H24N6O2.C2H6/c1-15(2)32-23-9-6-16(10-17(23)11-26)25-30-24(31-33-25)21-5-3-4-20-19(21)7-8-22(20)28-13-18-12-27-14-29-18;1-2/h3-6,9-10,12,14-15,22,28H,7-8,13H2,1-2H3,(H,27,29);1-2H3. The van der Waals surface area contributed by atoms with Gasteiger partial charge in [0.2, 0.25) is 5.82 Å². The molecule has 1 unspecified atom stereocenters. The van der Waals surface area contributed by atoms with Gasteiger partial charge in [-0.25, -0.2) is 4.98 Å². The van der Waals surface area contributed by atoms with E-state index in [-0.39, 0.29) is 12.1 Å². The molecule has 0 spiro atoms. The Balaban J connectivity index is 0.00000141. The highest BCUT2D eigenvalue weighted by atomic mass is 16.5. The van der Waals surface area contributed by atoms with Crippen LogP contribution in [0.2, 0.25) is 0 Å². The quantitative estimate of drug-likeness (QED) is 0.362. The van der Waals surface area contributed by atoms with E-state index in [1.54, 1.807) is 18.5 Å². The van der Waals surface area contributed by atoms with E-state index in [1.807, 2.05) is 52.1 Å². The molecular formula is C27H30N6O2. The first-order valence-electron chi connectivity index (χ1n) is 12.0. The molecular weight excluding hydrogens is 440 g/mol. The SMILES string of the molecule is CC.CC(C)Oc1ccc(-c2nc(-c3cccc4c3CCC4NCc3cnc[nH]3)no2)cc1C#N. The van der Waals surface area contributed by atoms with Crippen LogP contribution >= 0.6 is 0 Å². The predicted octanol–water partition coefficient (Wildman–Crippen LogP) is 5.59. The molecule has 2 aromatic carbocycles. The number of aromatic amines is 1. The zero-order chi connectivity index (χ0) is 24.8. The molecule has 2 heterocycles. The zero-order valence-corrected chi connectivity index (χ0v) is 20.5. The molecule has 1 aliphatic carbocycles. The van der Waals surface area contributed by atoms with Crippen molar-refractivity contribution in [2.45, 2.75) is 59.2 Å². The molecule has 8 nitrogen and oxygen atoms in total. The van der Waals surface area contributed by atoms with E-state index in [4.69, 9.17) is 9.26 Å². The maximum atomic E-state index is 9.51. The Kier molecular flexibility index (Phi) is 7.58. The highest BCUT2D eigenvalue weighted by molar-refractivity contribution is 5.67. The van der Waals surface area contributed by atoms with Gasteiger partial charge in [-0.15, -0.1) is 0 Å². The molecule has 5 rings (SSSR count). The fourth-order valence-electron chi connectivity index (χ4n) is 4.25. The van der Waals surface area contributed by atoms with Crippen molar-refractivity contribution in [3.05, 3.63) is 71.3 Å². The average molecular weight is 471 g/mol. The average Bonchev–Trinajstić information content (AvgIpc) is 3.65. The number of imidazole rings is 1. The number of rotatable bonds is 7.